The molecule has 0 aliphatic rings. The van der Waals surface area contributed by atoms with Crippen molar-refractivity contribution in [1.82, 2.24) is 15.0 Å². The maximum absolute atomic E-state index is 11.5. The number of allylic oxidation sites excluding steroid dienone is 4. The highest BCUT2D eigenvalue weighted by Crippen LogP contribution is 2.41. The van der Waals surface area contributed by atoms with Gasteiger partial charge in [0.05, 0.1) is 11.2 Å². The molecule has 0 aromatic carbocycles. The standard InChI is InChI=1S/C32H57N3O/c1-24(27(3,4)5)17-16-18-30(10,11)25(2)19-28(6,7)21-31(12,13)26-20-35(34-33-26)32(14,15)22-29(8,9)23-36/h17,19-20,23H,16,18,21-22H2,1-15H3/b24-17+,25-19+. The summed E-state index contributed by atoms with van der Waals surface area (Å²) in [5.41, 5.74) is 3.50. The van der Waals surface area contributed by atoms with Crippen LogP contribution in [0.2, 0.25) is 0 Å². The minimum absolute atomic E-state index is 0.0147. The number of hydrogen-bond acceptors (Lipinski definition) is 3. The summed E-state index contributed by atoms with van der Waals surface area (Å²) in [5, 5.41) is 9.09. The fraction of sp³-hybridized carbons (Fsp3) is 0.781. The van der Waals surface area contributed by atoms with Crippen LogP contribution in [0.4, 0.5) is 0 Å². The first-order valence-corrected chi connectivity index (χ1v) is 13.7. The number of hydrogen-bond donors (Lipinski definition) is 0. The molecule has 1 aromatic heterocycles. The molecule has 0 amide bonds. The van der Waals surface area contributed by atoms with Gasteiger partial charge in [0.1, 0.15) is 6.29 Å². The molecule has 4 heteroatoms. The molecule has 0 bridgehead atoms. The largest absolute Gasteiger partial charge is 0.303 e. The van der Waals surface area contributed by atoms with Gasteiger partial charge in [0.15, 0.2) is 0 Å². The van der Waals surface area contributed by atoms with Crippen molar-refractivity contribution in [1.29, 1.82) is 0 Å². The lowest BCUT2D eigenvalue weighted by Crippen LogP contribution is -2.34. The number of nitrogens with zero attached hydrogens (tertiary/aromatic N) is 3. The molecule has 0 radical (unpaired) electrons. The third kappa shape index (κ3) is 9.30. The predicted molar refractivity (Wildman–Crippen MR) is 155 cm³/mol. The Kier molecular flexibility index (Phi) is 9.83. The van der Waals surface area contributed by atoms with Crippen LogP contribution in [0.3, 0.4) is 0 Å². The van der Waals surface area contributed by atoms with Crippen LogP contribution in [0.5, 0.6) is 0 Å². The van der Waals surface area contributed by atoms with Crippen LogP contribution in [0.25, 0.3) is 0 Å². The summed E-state index contributed by atoms with van der Waals surface area (Å²) in [5.74, 6) is 0. The van der Waals surface area contributed by atoms with Gasteiger partial charge in [-0.3, -0.25) is 0 Å². The molecule has 0 N–H and O–H groups in total. The van der Waals surface area contributed by atoms with Crippen molar-refractivity contribution >= 4 is 6.29 Å². The van der Waals surface area contributed by atoms with E-state index in [1.807, 2.05) is 18.5 Å². The lowest BCUT2D eigenvalue weighted by molar-refractivity contribution is -0.116. The Morgan fingerprint density at radius 3 is 1.89 bits per heavy atom. The van der Waals surface area contributed by atoms with Crippen LogP contribution in [-0.4, -0.2) is 21.3 Å². The van der Waals surface area contributed by atoms with Crippen LogP contribution < -0.4 is 0 Å². The number of aromatic nitrogens is 3. The molecule has 0 spiro atoms. The highest BCUT2D eigenvalue weighted by Gasteiger charge is 2.35. The van der Waals surface area contributed by atoms with Crippen LogP contribution in [-0.2, 0) is 15.7 Å². The third-order valence-electron chi connectivity index (χ3n) is 7.99. The number of carbonyl (C=O) groups excluding carboxylic acids is 1. The molecule has 0 saturated carbocycles. The summed E-state index contributed by atoms with van der Waals surface area (Å²) < 4.78 is 1.94. The van der Waals surface area contributed by atoms with Gasteiger partial charge in [-0.2, -0.15) is 0 Å². The topological polar surface area (TPSA) is 47.8 Å². The third-order valence-corrected chi connectivity index (χ3v) is 7.99. The molecule has 0 atom stereocenters. The molecule has 0 saturated heterocycles. The maximum atomic E-state index is 11.5. The summed E-state index contributed by atoms with van der Waals surface area (Å²) >= 11 is 0. The molecular formula is C32H57N3O. The number of rotatable bonds is 12. The van der Waals surface area contributed by atoms with E-state index in [2.05, 4.69) is 119 Å². The Labute approximate surface area is 223 Å². The van der Waals surface area contributed by atoms with E-state index in [0.717, 1.165) is 31.2 Å². The summed E-state index contributed by atoms with van der Waals surface area (Å²) in [6.07, 6.45) is 11.9. The fourth-order valence-electron chi connectivity index (χ4n) is 5.32. The van der Waals surface area contributed by atoms with Crippen molar-refractivity contribution in [3.63, 3.8) is 0 Å². The van der Waals surface area contributed by atoms with Gasteiger partial charge in [-0.15, -0.1) is 5.10 Å². The van der Waals surface area contributed by atoms with Crippen LogP contribution in [0, 0.1) is 21.7 Å². The van der Waals surface area contributed by atoms with E-state index in [4.69, 9.17) is 0 Å². The molecule has 36 heavy (non-hydrogen) atoms. The molecule has 4 nitrogen and oxygen atoms in total. The maximum Gasteiger partial charge on any atom is 0.125 e. The Hall–Kier alpha value is -1.71. The summed E-state index contributed by atoms with van der Waals surface area (Å²) in [7, 11) is 0. The van der Waals surface area contributed by atoms with Crippen LogP contribution in [0.1, 0.15) is 135 Å². The predicted octanol–water partition coefficient (Wildman–Crippen LogP) is 9.07. The van der Waals surface area contributed by atoms with E-state index in [1.165, 1.54) is 11.1 Å². The number of aldehydes is 1. The van der Waals surface area contributed by atoms with Gasteiger partial charge in [0, 0.05) is 17.0 Å². The average Bonchev–Trinajstić information content (AvgIpc) is 3.17. The van der Waals surface area contributed by atoms with Crippen molar-refractivity contribution in [3.8, 4) is 0 Å². The highest BCUT2D eigenvalue weighted by molar-refractivity contribution is 5.58. The fourth-order valence-corrected chi connectivity index (χ4v) is 5.32. The average molecular weight is 500 g/mol. The van der Waals surface area contributed by atoms with Gasteiger partial charge in [0.25, 0.3) is 0 Å². The van der Waals surface area contributed by atoms with Gasteiger partial charge in [-0.05, 0) is 69.6 Å². The normalized spacial score (nSPS) is 15.4. The molecule has 0 unspecified atom stereocenters. The van der Waals surface area contributed by atoms with E-state index in [1.54, 1.807) is 0 Å². The van der Waals surface area contributed by atoms with Crippen LogP contribution >= 0.6 is 0 Å². The summed E-state index contributed by atoms with van der Waals surface area (Å²) in [6, 6.07) is 0. The zero-order chi connectivity index (χ0) is 28.4. The van der Waals surface area contributed by atoms with Crippen molar-refractivity contribution in [2.45, 2.75) is 140 Å². The van der Waals surface area contributed by atoms with Crippen molar-refractivity contribution < 1.29 is 4.79 Å². The van der Waals surface area contributed by atoms with Gasteiger partial charge in [0.2, 0.25) is 0 Å². The zero-order valence-corrected chi connectivity index (χ0v) is 26.4. The molecule has 1 rings (SSSR count). The minimum Gasteiger partial charge on any atom is -0.303 e. The minimum atomic E-state index is -0.399. The van der Waals surface area contributed by atoms with Crippen molar-refractivity contribution in [3.05, 3.63) is 35.2 Å². The second kappa shape index (κ2) is 11.0. The summed E-state index contributed by atoms with van der Waals surface area (Å²) in [4.78, 5) is 11.5. The van der Waals surface area contributed by atoms with Gasteiger partial charge >= 0.3 is 0 Å². The Morgan fingerprint density at radius 2 is 1.39 bits per heavy atom. The quantitative estimate of drug-likeness (QED) is 0.213. The molecule has 1 heterocycles. The second-order valence-corrected chi connectivity index (χ2v) is 15.6. The smallest absolute Gasteiger partial charge is 0.125 e. The van der Waals surface area contributed by atoms with Gasteiger partial charge in [-0.25, -0.2) is 4.68 Å². The molecular weight excluding hydrogens is 442 g/mol. The lowest BCUT2D eigenvalue weighted by atomic mass is 9.70. The molecule has 1 aromatic rings. The Bertz CT molecular complexity index is 946. The van der Waals surface area contributed by atoms with Gasteiger partial charge < -0.3 is 4.79 Å². The highest BCUT2D eigenvalue weighted by atomic mass is 16.1. The molecule has 0 fully saturated rings. The van der Waals surface area contributed by atoms with Crippen molar-refractivity contribution in [2.75, 3.05) is 0 Å². The van der Waals surface area contributed by atoms with E-state index in [9.17, 15) is 4.79 Å². The molecule has 0 aliphatic carbocycles. The first-order valence-electron chi connectivity index (χ1n) is 13.7. The van der Waals surface area contributed by atoms with E-state index in [-0.39, 0.29) is 27.2 Å². The zero-order valence-electron chi connectivity index (χ0n) is 26.4. The van der Waals surface area contributed by atoms with E-state index < -0.39 is 5.41 Å². The monoisotopic (exact) mass is 499 g/mol. The lowest BCUT2D eigenvalue weighted by Gasteiger charge is -2.35. The Balaban J connectivity index is 3.03. The second-order valence-electron chi connectivity index (χ2n) is 15.6. The van der Waals surface area contributed by atoms with E-state index >= 15 is 0 Å². The number of carbonyl (C=O) groups is 1. The first-order chi connectivity index (χ1) is 15.9. The SMILES string of the molecule is C/C(=C\CCC(C)(C)/C(C)=C/C(C)(C)CC(C)(C)c1cn(C(C)(C)CC(C)(C)C=O)nn1)C(C)(C)C. The van der Waals surface area contributed by atoms with Crippen LogP contribution in [0.15, 0.2) is 29.5 Å². The Morgan fingerprint density at radius 1 is 0.833 bits per heavy atom. The molecule has 206 valence electrons. The van der Waals surface area contributed by atoms with Crippen molar-refractivity contribution in [2.24, 2.45) is 21.7 Å². The first kappa shape index (κ1) is 32.3. The van der Waals surface area contributed by atoms with E-state index in [0.29, 0.717) is 6.42 Å². The summed E-state index contributed by atoms with van der Waals surface area (Å²) in [6.45, 7) is 33.5. The van der Waals surface area contributed by atoms with Gasteiger partial charge in [-0.1, -0.05) is 105 Å². The molecule has 0 aliphatic heterocycles.